The molecule has 0 heterocycles. The zero-order valence-electron chi connectivity index (χ0n) is 8.05. The second kappa shape index (κ2) is 7.35. The van der Waals surface area contributed by atoms with Crippen LogP contribution in [0.2, 0.25) is 0 Å². The van der Waals surface area contributed by atoms with E-state index in [4.69, 9.17) is 0 Å². The highest BCUT2D eigenvalue weighted by Crippen LogP contribution is 2.02. The molecule has 1 aromatic carbocycles. The summed E-state index contributed by atoms with van der Waals surface area (Å²) >= 11 is 3.36. The van der Waals surface area contributed by atoms with Crippen molar-refractivity contribution >= 4 is 15.9 Å². The molecule has 1 rings (SSSR count). The SMILES string of the molecule is BrCc1ccccc1.CC(C)C. The zero-order chi connectivity index (χ0) is 9.40. The first-order valence-corrected chi connectivity index (χ1v) is 5.39. The molecule has 0 unspecified atom stereocenters. The molecule has 0 fully saturated rings. The van der Waals surface area contributed by atoms with Gasteiger partial charge in [-0.05, 0) is 11.5 Å². The molecule has 0 aliphatic carbocycles. The van der Waals surface area contributed by atoms with E-state index in [1.165, 1.54) is 5.56 Å². The van der Waals surface area contributed by atoms with Crippen molar-refractivity contribution in [1.82, 2.24) is 0 Å². The van der Waals surface area contributed by atoms with Gasteiger partial charge in [-0.2, -0.15) is 0 Å². The lowest BCUT2D eigenvalue weighted by Crippen LogP contribution is -1.70. The van der Waals surface area contributed by atoms with Crippen LogP contribution in [0.4, 0.5) is 0 Å². The van der Waals surface area contributed by atoms with Crippen LogP contribution < -0.4 is 0 Å². The van der Waals surface area contributed by atoms with Gasteiger partial charge >= 0.3 is 0 Å². The zero-order valence-corrected chi connectivity index (χ0v) is 9.64. The number of benzene rings is 1. The van der Waals surface area contributed by atoms with E-state index < -0.39 is 0 Å². The van der Waals surface area contributed by atoms with Gasteiger partial charge in [-0.3, -0.25) is 0 Å². The van der Waals surface area contributed by atoms with Crippen molar-refractivity contribution in [3.63, 3.8) is 0 Å². The van der Waals surface area contributed by atoms with E-state index in [0.29, 0.717) is 0 Å². The summed E-state index contributed by atoms with van der Waals surface area (Å²) in [6.45, 7) is 6.50. The van der Waals surface area contributed by atoms with Crippen molar-refractivity contribution in [3.8, 4) is 0 Å². The van der Waals surface area contributed by atoms with Gasteiger partial charge in [-0.25, -0.2) is 0 Å². The van der Waals surface area contributed by atoms with Crippen LogP contribution in [-0.4, -0.2) is 0 Å². The van der Waals surface area contributed by atoms with Crippen molar-refractivity contribution in [2.24, 2.45) is 5.92 Å². The fraction of sp³-hybridized carbons (Fsp3) is 0.455. The van der Waals surface area contributed by atoms with E-state index in [1.54, 1.807) is 0 Å². The van der Waals surface area contributed by atoms with Gasteiger partial charge in [0.2, 0.25) is 0 Å². The normalized spacial score (nSPS) is 9.08. The molecule has 1 aromatic rings. The number of rotatable bonds is 1. The summed E-state index contributed by atoms with van der Waals surface area (Å²) in [5.41, 5.74) is 1.33. The van der Waals surface area contributed by atoms with Gasteiger partial charge in [-0.15, -0.1) is 0 Å². The Morgan fingerprint density at radius 1 is 1.08 bits per heavy atom. The molecular formula is C11H17Br. The molecule has 0 atom stereocenters. The van der Waals surface area contributed by atoms with E-state index in [9.17, 15) is 0 Å². The lowest BCUT2D eigenvalue weighted by atomic mass is 10.2. The minimum atomic E-state index is 0.833. The molecule has 0 saturated heterocycles. The molecule has 0 aromatic heterocycles. The van der Waals surface area contributed by atoms with Crippen LogP contribution in [-0.2, 0) is 5.33 Å². The number of hydrogen-bond donors (Lipinski definition) is 0. The van der Waals surface area contributed by atoms with Crippen LogP contribution in [0.25, 0.3) is 0 Å². The maximum Gasteiger partial charge on any atom is 0.0283 e. The molecule has 0 N–H and O–H groups in total. The molecule has 68 valence electrons. The highest BCUT2D eigenvalue weighted by Gasteiger charge is 1.81. The van der Waals surface area contributed by atoms with Gasteiger partial charge in [0, 0.05) is 5.33 Å². The van der Waals surface area contributed by atoms with Crippen molar-refractivity contribution in [2.45, 2.75) is 26.1 Å². The summed E-state index contributed by atoms with van der Waals surface area (Å²) in [4.78, 5) is 0. The summed E-state index contributed by atoms with van der Waals surface area (Å²) < 4.78 is 0. The molecule has 1 heteroatoms. The van der Waals surface area contributed by atoms with Crippen molar-refractivity contribution in [2.75, 3.05) is 0 Å². The van der Waals surface area contributed by atoms with Gasteiger partial charge in [0.1, 0.15) is 0 Å². The van der Waals surface area contributed by atoms with Gasteiger partial charge < -0.3 is 0 Å². The molecule has 0 saturated carbocycles. The van der Waals surface area contributed by atoms with E-state index >= 15 is 0 Å². The van der Waals surface area contributed by atoms with Crippen molar-refractivity contribution in [3.05, 3.63) is 35.9 Å². The predicted octanol–water partition coefficient (Wildman–Crippen LogP) is 4.24. The minimum Gasteiger partial charge on any atom is -0.0876 e. The first-order chi connectivity index (χ1) is 5.66. The molecule has 0 spiro atoms. The highest BCUT2D eigenvalue weighted by molar-refractivity contribution is 9.08. The second-order valence-corrected chi connectivity index (χ2v) is 3.91. The van der Waals surface area contributed by atoms with Crippen LogP contribution in [0.1, 0.15) is 26.3 Å². The van der Waals surface area contributed by atoms with E-state index in [2.05, 4.69) is 48.8 Å². The lowest BCUT2D eigenvalue weighted by Gasteiger charge is -1.88. The quantitative estimate of drug-likeness (QED) is 0.631. The van der Waals surface area contributed by atoms with Crippen LogP contribution in [0, 0.1) is 5.92 Å². The monoisotopic (exact) mass is 228 g/mol. The average Bonchev–Trinajstić information content (AvgIpc) is 2.05. The Hall–Kier alpha value is -0.300. The Kier molecular flexibility index (Phi) is 7.17. The third-order valence-electron chi connectivity index (χ3n) is 0.997. The second-order valence-electron chi connectivity index (χ2n) is 3.35. The van der Waals surface area contributed by atoms with Gasteiger partial charge in [0.15, 0.2) is 0 Å². The van der Waals surface area contributed by atoms with Gasteiger partial charge in [-0.1, -0.05) is 67.0 Å². The Labute approximate surface area is 84.1 Å². The molecular weight excluding hydrogens is 212 g/mol. The fourth-order valence-electron chi connectivity index (χ4n) is 0.567. The van der Waals surface area contributed by atoms with Gasteiger partial charge in [0.25, 0.3) is 0 Å². The summed E-state index contributed by atoms with van der Waals surface area (Å²) in [7, 11) is 0. The van der Waals surface area contributed by atoms with E-state index in [0.717, 1.165) is 11.2 Å². The Morgan fingerprint density at radius 3 is 1.75 bits per heavy atom. The first kappa shape index (κ1) is 11.7. The number of hydrogen-bond acceptors (Lipinski definition) is 0. The van der Waals surface area contributed by atoms with Crippen molar-refractivity contribution < 1.29 is 0 Å². The Bertz CT molecular complexity index is 177. The average molecular weight is 229 g/mol. The van der Waals surface area contributed by atoms with Crippen LogP contribution in [0.15, 0.2) is 30.3 Å². The number of alkyl halides is 1. The van der Waals surface area contributed by atoms with Crippen LogP contribution in [0.3, 0.4) is 0 Å². The minimum absolute atomic E-state index is 0.833. The first-order valence-electron chi connectivity index (χ1n) is 4.26. The largest absolute Gasteiger partial charge is 0.0876 e. The molecule has 0 nitrogen and oxygen atoms in total. The Morgan fingerprint density at radius 2 is 1.50 bits per heavy atom. The molecule has 12 heavy (non-hydrogen) atoms. The van der Waals surface area contributed by atoms with E-state index in [-0.39, 0.29) is 0 Å². The Balaban J connectivity index is 0.000000261. The topological polar surface area (TPSA) is 0 Å². The molecule has 0 radical (unpaired) electrons. The van der Waals surface area contributed by atoms with E-state index in [1.807, 2.05) is 18.2 Å². The lowest BCUT2D eigenvalue weighted by molar-refractivity contribution is 0.737. The third-order valence-corrected chi connectivity index (χ3v) is 1.64. The number of halogens is 1. The molecule has 0 aliphatic rings. The summed E-state index contributed by atoms with van der Waals surface area (Å²) in [6.07, 6.45) is 0. The standard InChI is InChI=1S/C7H7Br.C4H10/c8-6-7-4-2-1-3-5-7;1-4(2)3/h1-5H,6H2;4H,1-3H3. The molecule has 0 amide bonds. The smallest absolute Gasteiger partial charge is 0.0283 e. The van der Waals surface area contributed by atoms with Crippen LogP contribution in [0.5, 0.6) is 0 Å². The summed E-state index contributed by atoms with van der Waals surface area (Å²) in [5, 5.41) is 0.952. The maximum absolute atomic E-state index is 3.36. The predicted molar refractivity (Wildman–Crippen MR) is 59.6 cm³/mol. The third kappa shape index (κ3) is 7.80. The van der Waals surface area contributed by atoms with Gasteiger partial charge in [0.05, 0.1) is 0 Å². The summed E-state index contributed by atoms with van der Waals surface area (Å²) in [5.74, 6) is 0.833. The van der Waals surface area contributed by atoms with Crippen molar-refractivity contribution in [1.29, 1.82) is 0 Å². The van der Waals surface area contributed by atoms with Crippen LogP contribution >= 0.6 is 15.9 Å². The fourth-order valence-corrected chi connectivity index (χ4v) is 0.941. The molecule has 0 bridgehead atoms. The highest BCUT2D eigenvalue weighted by atomic mass is 79.9. The maximum atomic E-state index is 3.36. The molecule has 0 aliphatic heterocycles. The summed E-state index contributed by atoms with van der Waals surface area (Å²) in [6, 6.07) is 10.3.